The van der Waals surface area contributed by atoms with Gasteiger partial charge in [0, 0.05) is 18.8 Å². The van der Waals surface area contributed by atoms with Gasteiger partial charge < -0.3 is 9.30 Å². The number of benzene rings is 1. The topological polar surface area (TPSA) is 99.9 Å². The van der Waals surface area contributed by atoms with Crippen LogP contribution in [0.3, 0.4) is 0 Å². The molecule has 4 rings (SSSR count). The molecule has 0 saturated heterocycles. The molecule has 38 heavy (non-hydrogen) atoms. The molecule has 1 unspecified atom stereocenters. The van der Waals surface area contributed by atoms with Crippen molar-refractivity contribution in [3.8, 4) is 28.4 Å². The lowest BCUT2D eigenvalue weighted by Crippen LogP contribution is -2.29. The average molecular weight is 563 g/mol. The van der Waals surface area contributed by atoms with Gasteiger partial charge in [0.05, 0.1) is 16.8 Å². The van der Waals surface area contributed by atoms with Crippen LogP contribution in [0, 0.1) is 0 Å². The second kappa shape index (κ2) is 9.49. The number of nitrogens with zero attached hydrogens (tertiary/aromatic N) is 5. The first-order valence-corrected chi connectivity index (χ1v) is 12.2. The molecule has 3 aromatic heterocycles. The Morgan fingerprint density at radius 3 is 2.21 bits per heavy atom. The zero-order valence-electron chi connectivity index (χ0n) is 19.3. The Bertz CT molecular complexity index is 1600. The summed E-state index contributed by atoms with van der Waals surface area (Å²) in [6, 6.07) is 5.89. The van der Waals surface area contributed by atoms with Gasteiger partial charge in [-0.25, -0.2) is 23.4 Å². The molecule has 0 bridgehead atoms. The van der Waals surface area contributed by atoms with E-state index in [2.05, 4.69) is 24.7 Å². The Morgan fingerprint density at radius 2 is 1.63 bits per heavy atom. The van der Waals surface area contributed by atoms with Crippen LogP contribution in [0.25, 0.3) is 33.8 Å². The number of pyridine rings is 1. The Morgan fingerprint density at radius 1 is 0.974 bits per heavy atom. The van der Waals surface area contributed by atoms with Gasteiger partial charge in [-0.1, -0.05) is 19.1 Å². The van der Waals surface area contributed by atoms with Gasteiger partial charge in [0.15, 0.2) is 21.3 Å². The van der Waals surface area contributed by atoms with Gasteiger partial charge in [0.2, 0.25) is 5.82 Å². The molecule has 16 heteroatoms. The summed E-state index contributed by atoms with van der Waals surface area (Å²) in [5.74, 6) is -2.26. The van der Waals surface area contributed by atoms with Crippen LogP contribution in [0.4, 0.5) is 30.7 Å². The Balaban J connectivity index is 1.77. The minimum atomic E-state index is -5.21. The number of imidazole rings is 1. The molecule has 0 fully saturated rings. The lowest BCUT2D eigenvalue weighted by Gasteiger charge is -2.14. The fourth-order valence-corrected chi connectivity index (χ4v) is 4.48. The predicted molar refractivity (Wildman–Crippen MR) is 119 cm³/mol. The van der Waals surface area contributed by atoms with Crippen LogP contribution < -0.4 is 4.74 Å². The van der Waals surface area contributed by atoms with Crippen molar-refractivity contribution in [2.75, 3.05) is 5.75 Å². The molecule has 3 heterocycles. The maximum absolute atomic E-state index is 13.2. The first-order chi connectivity index (χ1) is 17.6. The van der Waals surface area contributed by atoms with Crippen LogP contribution >= 0.6 is 0 Å². The van der Waals surface area contributed by atoms with E-state index in [1.54, 1.807) is 0 Å². The lowest BCUT2D eigenvalue weighted by molar-refractivity contribution is -0.236. The molecule has 4 aromatic rings. The van der Waals surface area contributed by atoms with Crippen molar-refractivity contribution in [1.29, 1.82) is 0 Å². The standard InChI is InChI=1S/C22H16F7N5O3S/c1-3-38(35,36)15-8-12(11-4-6-13(7-5-11)37-19(23)21(24,25)26)9-30-16(15)17-31-10-14-18(33-17)34(2)20(32-14)22(27,28)29/h4-10,19H,3H2,1-2H3. The first kappa shape index (κ1) is 27.2. The Kier molecular flexibility index (Phi) is 6.80. The Hall–Kier alpha value is -3.82. The van der Waals surface area contributed by atoms with Crippen LogP contribution in [-0.2, 0) is 23.1 Å². The third kappa shape index (κ3) is 5.25. The van der Waals surface area contributed by atoms with E-state index in [0.29, 0.717) is 10.1 Å². The normalized spacial score (nSPS) is 13.6. The Labute approximate surface area is 210 Å². The van der Waals surface area contributed by atoms with E-state index in [0.717, 1.165) is 25.4 Å². The highest BCUT2D eigenvalue weighted by Gasteiger charge is 2.42. The van der Waals surface area contributed by atoms with Gasteiger partial charge in [0.25, 0.3) is 0 Å². The van der Waals surface area contributed by atoms with Gasteiger partial charge in [-0.15, -0.1) is 0 Å². The molecule has 0 N–H and O–H groups in total. The molecular weight excluding hydrogens is 547 g/mol. The number of sulfone groups is 1. The first-order valence-electron chi connectivity index (χ1n) is 10.6. The van der Waals surface area contributed by atoms with Gasteiger partial charge >= 0.3 is 18.7 Å². The molecule has 0 saturated carbocycles. The van der Waals surface area contributed by atoms with Crippen molar-refractivity contribution < 1.29 is 43.9 Å². The van der Waals surface area contributed by atoms with Crippen molar-refractivity contribution in [3.63, 3.8) is 0 Å². The zero-order chi connectivity index (χ0) is 28.0. The van der Waals surface area contributed by atoms with Crippen LogP contribution in [0.15, 0.2) is 47.6 Å². The second-order valence-corrected chi connectivity index (χ2v) is 10.1. The molecule has 1 aromatic carbocycles. The molecule has 1 atom stereocenters. The third-order valence-electron chi connectivity index (χ3n) is 5.33. The maximum atomic E-state index is 13.2. The molecule has 0 aliphatic rings. The van der Waals surface area contributed by atoms with E-state index in [-0.39, 0.29) is 38.9 Å². The van der Waals surface area contributed by atoms with Crippen molar-refractivity contribution in [1.82, 2.24) is 24.5 Å². The highest BCUT2D eigenvalue weighted by Crippen LogP contribution is 2.33. The summed E-state index contributed by atoms with van der Waals surface area (Å²) in [5, 5.41) is 0. The number of hydrogen-bond acceptors (Lipinski definition) is 7. The van der Waals surface area contributed by atoms with E-state index in [1.807, 2.05) is 0 Å². The van der Waals surface area contributed by atoms with Gasteiger partial charge in [-0.05, 0) is 23.8 Å². The summed E-state index contributed by atoms with van der Waals surface area (Å²) < 4.78 is 121. The van der Waals surface area contributed by atoms with Crippen LogP contribution in [0.1, 0.15) is 12.7 Å². The number of alkyl halides is 7. The lowest BCUT2D eigenvalue weighted by atomic mass is 10.1. The molecule has 0 amide bonds. The smallest absolute Gasteiger partial charge is 0.452 e. The van der Waals surface area contributed by atoms with E-state index in [1.165, 1.54) is 31.3 Å². The van der Waals surface area contributed by atoms with Crippen LogP contribution in [-0.4, -0.2) is 51.2 Å². The minimum Gasteiger partial charge on any atom is -0.452 e. The summed E-state index contributed by atoms with van der Waals surface area (Å²) in [7, 11) is -2.87. The molecular formula is C22H16F7N5O3S. The van der Waals surface area contributed by atoms with Crippen molar-refractivity contribution in [3.05, 3.63) is 48.5 Å². The van der Waals surface area contributed by atoms with Crippen molar-refractivity contribution in [2.45, 2.75) is 30.5 Å². The predicted octanol–water partition coefficient (Wildman–Crippen LogP) is 5.14. The fourth-order valence-electron chi connectivity index (χ4n) is 3.42. The number of aryl methyl sites for hydroxylation is 1. The van der Waals surface area contributed by atoms with Crippen molar-refractivity contribution >= 4 is 21.0 Å². The van der Waals surface area contributed by atoms with E-state index >= 15 is 0 Å². The van der Waals surface area contributed by atoms with Gasteiger partial charge in [-0.3, -0.25) is 4.98 Å². The van der Waals surface area contributed by atoms with E-state index in [4.69, 9.17) is 0 Å². The number of hydrogen-bond donors (Lipinski definition) is 0. The number of halogens is 7. The second-order valence-electron chi connectivity index (χ2n) is 7.87. The summed E-state index contributed by atoms with van der Waals surface area (Å²) >= 11 is 0. The number of rotatable bonds is 6. The molecule has 202 valence electrons. The summed E-state index contributed by atoms with van der Waals surface area (Å²) in [4.78, 5) is 15.3. The molecule has 0 spiro atoms. The van der Waals surface area contributed by atoms with Gasteiger partial charge in [0.1, 0.15) is 17.0 Å². The SMILES string of the molecule is CCS(=O)(=O)c1cc(-c2ccc(OC(F)C(F)(F)F)cc2)cnc1-c1ncc2nc(C(F)(F)F)n(C)c2n1. The number of aromatic nitrogens is 5. The van der Waals surface area contributed by atoms with Crippen LogP contribution in [0.2, 0.25) is 0 Å². The van der Waals surface area contributed by atoms with Gasteiger partial charge in [-0.2, -0.15) is 30.7 Å². The summed E-state index contributed by atoms with van der Waals surface area (Å²) in [6.07, 6.45) is -11.3. The van der Waals surface area contributed by atoms with E-state index in [9.17, 15) is 39.2 Å². The molecule has 0 aliphatic heterocycles. The minimum absolute atomic E-state index is 0.163. The molecule has 0 radical (unpaired) electrons. The summed E-state index contributed by atoms with van der Waals surface area (Å²) in [6.45, 7) is 1.37. The van der Waals surface area contributed by atoms with Crippen molar-refractivity contribution in [2.24, 2.45) is 7.05 Å². The van der Waals surface area contributed by atoms with Crippen LogP contribution in [0.5, 0.6) is 5.75 Å². The quantitative estimate of drug-likeness (QED) is 0.300. The molecule has 8 nitrogen and oxygen atoms in total. The number of fused-ring (bicyclic) bond motifs is 1. The molecule has 0 aliphatic carbocycles. The highest BCUT2D eigenvalue weighted by molar-refractivity contribution is 7.91. The zero-order valence-corrected chi connectivity index (χ0v) is 20.2. The summed E-state index contributed by atoms with van der Waals surface area (Å²) in [5.41, 5.74) is -0.0557. The third-order valence-corrected chi connectivity index (χ3v) is 7.07. The number of ether oxygens (including phenoxy) is 1. The highest BCUT2D eigenvalue weighted by atomic mass is 32.2. The monoisotopic (exact) mass is 563 g/mol. The maximum Gasteiger partial charge on any atom is 0.457 e. The fraction of sp³-hybridized carbons (Fsp3) is 0.273. The largest absolute Gasteiger partial charge is 0.457 e. The van der Waals surface area contributed by atoms with E-state index < -0.39 is 40.1 Å². The average Bonchev–Trinajstić information content (AvgIpc) is 3.20.